The van der Waals surface area contributed by atoms with Crippen LogP contribution in [-0.2, 0) is 57.5 Å². The van der Waals surface area contributed by atoms with Gasteiger partial charge in [-0.3, -0.25) is 47.9 Å². The maximum atomic E-state index is 14.7. The van der Waals surface area contributed by atoms with E-state index in [-0.39, 0.29) is 87.4 Å². The highest BCUT2D eigenvalue weighted by molar-refractivity contribution is 5.99. The summed E-state index contributed by atoms with van der Waals surface area (Å²) in [6.07, 6.45) is 4.41. The zero-order chi connectivity index (χ0) is 59.4. The Balaban J connectivity index is 3.91. The first kappa shape index (κ1) is 69.9. The Bertz CT molecular complexity index is 2030. The zero-order valence-electron chi connectivity index (χ0n) is 48.3. The number of hydrogen-bond donors (Lipinski definition) is 11. The van der Waals surface area contributed by atoms with Crippen molar-refractivity contribution < 1.29 is 67.7 Å². The normalized spacial score (nSPS) is 22.5. The van der Waals surface area contributed by atoms with E-state index in [4.69, 9.17) is 10.5 Å². The number of esters is 1. The Morgan fingerprint density at radius 1 is 0.603 bits per heavy atom. The topological polar surface area (TPSA) is 360 Å². The SMILES string of the molecule is CCCCCCC=CCC(O)CC(=O)NC(CC(C)C)C(=O)NC(CC(=O)O)C(=O)NC1C(=O)NC(CC(C)C)C(=O)NC(CC(C)C)C(=O)NC(CCC(N)=O)C(=O)NC(CC(C)C)C(=O)NC(CC(C)C)C(=O)OC1C. The van der Waals surface area contributed by atoms with Gasteiger partial charge in [-0.05, 0) is 94.3 Å². The molecule has 0 bridgehead atoms. The zero-order valence-corrected chi connectivity index (χ0v) is 48.3. The van der Waals surface area contributed by atoms with Crippen LogP contribution in [0.5, 0.6) is 0 Å². The van der Waals surface area contributed by atoms with Gasteiger partial charge in [-0.1, -0.05) is 108 Å². The summed E-state index contributed by atoms with van der Waals surface area (Å²) < 4.78 is 5.85. The fourth-order valence-corrected chi connectivity index (χ4v) is 8.65. The van der Waals surface area contributed by atoms with Crippen molar-refractivity contribution in [3.05, 3.63) is 12.2 Å². The van der Waals surface area contributed by atoms with E-state index in [0.29, 0.717) is 0 Å². The summed E-state index contributed by atoms with van der Waals surface area (Å²) in [5.74, 6) is -11.9. The number of aliphatic hydroxyl groups excluding tert-OH is 1. The van der Waals surface area contributed by atoms with E-state index in [0.717, 1.165) is 32.1 Å². The first-order valence-electron chi connectivity index (χ1n) is 27.9. The van der Waals surface area contributed by atoms with Gasteiger partial charge >= 0.3 is 11.9 Å². The van der Waals surface area contributed by atoms with Gasteiger partial charge in [-0.2, -0.15) is 0 Å². The summed E-state index contributed by atoms with van der Waals surface area (Å²) in [5, 5.41) is 41.2. The lowest BCUT2D eigenvalue weighted by atomic mass is 9.98. The first-order valence-corrected chi connectivity index (χ1v) is 27.9. The highest BCUT2D eigenvalue weighted by Crippen LogP contribution is 2.16. The highest BCUT2D eigenvalue weighted by Gasteiger charge is 2.40. The average molecular weight is 1110 g/mol. The summed E-state index contributed by atoms with van der Waals surface area (Å²) in [6, 6.07) is -12.0. The molecule has 1 rings (SSSR count). The molecule has 0 aliphatic carbocycles. The molecule has 1 saturated heterocycles. The van der Waals surface area contributed by atoms with Crippen molar-refractivity contribution in [1.29, 1.82) is 0 Å². The van der Waals surface area contributed by atoms with Gasteiger partial charge in [-0.25, -0.2) is 4.79 Å². The van der Waals surface area contributed by atoms with E-state index >= 15 is 0 Å². The fourth-order valence-electron chi connectivity index (χ4n) is 8.65. The van der Waals surface area contributed by atoms with Gasteiger partial charge in [0.2, 0.25) is 53.2 Å². The second-order valence-corrected chi connectivity index (χ2v) is 22.8. The Labute approximate surface area is 461 Å². The number of nitrogens with two attached hydrogens (primary N) is 1. The molecule has 0 saturated carbocycles. The van der Waals surface area contributed by atoms with Crippen molar-refractivity contribution in [3.8, 4) is 0 Å². The molecule has 0 spiro atoms. The maximum absolute atomic E-state index is 14.7. The predicted octanol–water partition coefficient (Wildman–Crippen LogP) is 2.45. The highest BCUT2D eigenvalue weighted by atomic mass is 16.5. The fraction of sp³-hybridized carbons (Fsp3) is 0.764. The second-order valence-electron chi connectivity index (χ2n) is 22.8. The van der Waals surface area contributed by atoms with E-state index < -0.39 is 132 Å². The third-order valence-electron chi connectivity index (χ3n) is 12.6. The second kappa shape index (κ2) is 36.1. The molecular weight excluding hydrogens is 1010 g/mol. The first-order chi connectivity index (χ1) is 36.4. The van der Waals surface area contributed by atoms with Crippen LogP contribution in [0.2, 0.25) is 0 Å². The standard InChI is InChI=1S/C55H95N9O14/c1-13-14-15-16-17-18-19-20-36(65)28-45(67)57-38(23-30(2)3)49(71)61-42(29-46(68)69)53(75)64-47-35(12)78-55(77)43(27-34(10)11)63-52(74)40(25-32(6)7)59-48(70)37(21-22-44(56)66)58-50(72)39(24-31(4)5)60-51(73)41(26-33(8)9)62-54(47)76/h18-19,30-43,47,65H,13-17,20-29H2,1-12H3,(H2,56,66)(H,57,67)(H,58,72)(H,59,70)(H,60,73)(H,61,71)(H,62,76)(H,63,74)(H,64,75)(H,68,69). The largest absolute Gasteiger partial charge is 0.481 e. The van der Waals surface area contributed by atoms with Gasteiger partial charge in [0.1, 0.15) is 54.4 Å². The van der Waals surface area contributed by atoms with Crippen LogP contribution in [0.1, 0.15) is 179 Å². The van der Waals surface area contributed by atoms with Crippen molar-refractivity contribution in [2.45, 2.75) is 240 Å². The van der Waals surface area contributed by atoms with Gasteiger partial charge in [-0.15, -0.1) is 0 Å². The van der Waals surface area contributed by atoms with Gasteiger partial charge in [0.15, 0.2) is 0 Å². The number of carbonyl (C=O) groups is 11. The Hall–Kier alpha value is -6.13. The number of ether oxygens (including phenoxy) is 1. The van der Waals surface area contributed by atoms with Crippen LogP contribution in [-0.4, -0.2) is 136 Å². The lowest BCUT2D eigenvalue weighted by Crippen LogP contribution is -2.62. The van der Waals surface area contributed by atoms with Crippen molar-refractivity contribution in [3.63, 3.8) is 0 Å². The number of carboxylic acids is 1. The quantitative estimate of drug-likeness (QED) is 0.0291. The van der Waals surface area contributed by atoms with E-state index in [2.05, 4.69) is 49.5 Å². The number of aliphatic carboxylic acids is 1. The molecule has 0 aromatic rings. The molecule has 23 heteroatoms. The molecule has 10 atom stereocenters. The number of amides is 9. The molecule has 1 aliphatic rings. The lowest BCUT2D eigenvalue weighted by molar-refractivity contribution is -0.156. The van der Waals surface area contributed by atoms with Gasteiger partial charge in [0.05, 0.1) is 18.9 Å². The van der Waals surface area contributed by atoms with Crippen LogP contribution in [0, 0.1) is 29.6 Å². The van der Waals surface area contributed by atoms with Crippen LogP contribution < -0.4 is 48.3 Å². The summed E-state index contributed by atoms with van der Waals surface area (Å²) in [7, 11) is 0. The van der Waals surface area contributed by atoms with Gasteiger partial charge in [0, 0.05) is 6.42 Å². The Kier molecular flexibility index (Phi) is 32.4. The number of cyclic esters (lactones) is 1. The molecule has 0 aromatic heterocycles. The molecule has 1 heterocycles. The number of nitrogens with one attached hydrogen (secondary N) is 8. The number of carbonyl (C=O) groups excluding carboxylic acids is 10. The average Bonchev–Trinajstić information content (AvgIpc) is 3.31. The number of aliphatic hydroxyl groups is 1. The number of rotatable bonds is 29. The summed E-state index contributed by atoms with van der Waals surface area (Å²) in [5.41, 5.74) is 5.44. The minimum atomic E-state index is -1.92. The van der Waals surface area contributed by atoms with Gasteiger partial charge in [0.25, 0.3) is 0 Å². The number of primary amides is 1. The number of hydrogen-bond acceptors (Lipinski definition) is 13. The molecular formula is C55H95N9O14. The van der Waals surface area contributed by atoms with E-state index in [1.54, 1.807) is 75.3 Å². The number of allylic oxidation sites excluding steroid dienone is 1. The minimum absolute atomic E-state index is 0.0238. The van der Waals surface area contributed by atoms with Crippen molar-refractivity contribution >= 4 is 65.1 Å². The van der Waals surface area contributed by atoms with E-state index in [1.807, 2.05) is 6.08 Å². The number of carboxylic acid groups (broad SMARTS) is 1. The molecule has 9 amide bonds. The van der Waals surface area contributed by atoms with Crippen molar-refractivity contribution in [2.75, 3.05) is 0 Å². The smallest absolute Gasteiger partial charge is 0.328 e. The molecule has 0 radical (unpaired) electrons. The summed E-state index contributed by atoms with van der Waals surface area (Å²) >= 11 is 0. The number of unbranched alkanes of at least 4 members (excludes halogenated alkanes) is 4. The van der Waals surface area contributed by atoms with Crippen LogP contribution in [0.4, 0.5) is 0 Å². The predicted molar refractivity (Wildman–Crippen MR) is 292 cm³/mol. The molecule has 0 aromatic carbocycles. The summed E-state index contributed by atoms with van der Waals surface area (Å²) in [6.45, 7) is 21.0. The maximum Gasteiger partial charge on any atom is 0.328 e. The molecule has 1 aliphatic heterocycles. The van der Waals surface area contributed by atoms with Crippen LogP contribution in [0.3, 0.4) is 0 Å². The lowest BCUT2D eigenvalue weighted by Gasteiger charge is -2.31. The molecule has 12 N–H and O–H groups in total. The van der Waals surface area contributed by atoms with Crippen LogP contribution in [0.25, 0.3) is 0 Å². The molecule has 1 fully saturated rings. The Morgan fingerprint density at radius 3 is 1.55 bits per heavy atom. The summed E-state index contributed by atoms with van der Waals surface area (Å²) in [4.78, 5) is 151. The van der Waals surface area contributed by atoms with Crippen LogP contribution >= 0.6 is 0 Å². The van der Waals surface area contributed by atoms with Crippen molar-refractivity contribution in [1.82, 2.24) is 42.5 Å². The molecule has 10 unspecified atom stereocenters. The van der Waals surface area contributed by atoms with Crippen LogP contribution in [0.15, 0.2) is 12.2 Å². The third-order valence-corrected chi connectivity index (χ3v) is 12.6. The van der Waals surface area contributed by atoms with E-state index in [9.17, 15) is 63.0 Å². The minimum Gasteiger partial charge on any atom is -0.481 e. The van der Waals surface area contributed by atoms with Gasteiger partial charge < -0.3 is 63.2 Å². The molecule has 444 valence electrons. The Morgan fingerprint density at radius 2 is 1.08 bits per heavy atom. The molecule has 78 heavy (non-hydrogen) atoms. The van der Waals surface area contributed by atoms with E-state index in [1.165, 1.54) is 6.92 Å². The van der Waals surface area contributed by atoms with Crippen molar-refractivity contribution in [2.24, 2.45) is 35.3 Å². The third kappa shape index (κ3) is 28.5. The molecule has 23 nitrogen and oxygen atoms in total. The monoisotopic (exact) mass is 1110 g/mol.